The van der Waals surface area contributed by atoms with Crippen LogP contribution in [0, 0.1) is 0 Å². The predicted molar refractivity (Wildman–Crippen MR) is 33.2 cm³/mol. The third kappa shape index (κ3) is 5.69. The van der Waals surface area contributed by atoms with Gasteiger partial charge in [0.2, 0.25) is 0 Å². The first-order valence-corrected chi connectivity index (χ1v) is 4.72. The van der Waals surface area contributed by atoms with Gasteiger partial charge in [-0.2, -0.15) is 0 Å². The Morgan fingerprint density at radius 3 is 1.82 bits per heavy atom. The molecule has 0 bridgehead atoms. The molecule has 0 fully saturated rings. The molecular formula is C5H9FeNO4. The second kappa shape index (κ2) is 4.98. The van der Waals surface area contributed by atoms with Gasteiger partial charge in [-0.25, -0.2) is 0 Å². The molecule has 0 amide bonds. The standard InChI is InChI=1S/2C2H3O2.CH3N.Fe/c2*1-2(3)4;1-2;/h2*1H2,(H,3,4);1H3;. The minimum absolute atomic E-state index is 0.136. The Labute approximate surface area is 67.7 Å². The Kier molecular flexibility index (Phi) is 4.65. The molecule has 0 aromatic rings. The van der Waals surface area contributed by atoms with Gasteiger partial charge >= 0.3 is 67.1 Å². The predicted octanol–water partition coefficient (Wildman–Crippen LogP) is 0.424. The van der Waals surface area contributed by atoms with Crippen LogP contribution in [0.1, 0.15) is 0 Å². The molecule has 0 spiro atoms. The van der Waals surface area contributed by atoms with Crippen LogP contribution in [-0.2, 0) is 23.3 Å². The average Bonchev–Trinajstić information content (AvgIpc) is 1.84. The zero-order valence-corrected chi connectivity index (χ0v) is 7.03. The van der Waals surface area contributed by atoms with Gasteiger partial charge in [-0.05, 0) is 0 Å². The number of carboxylic acids is 2. The first-order chi connectivity index (χ1) is 5.06. The van der Waals surface area contributed by atoms with Gasteiger partial charge in [-0.3, -0.25) is 0 Å². The van der Waals surface area contributed by atoms with Gasteiger partial charge in [-0.1, -0.05) is 0 Å². The zero-order chi connectivity index (χ0) is 8.85. The van der Waals surface area contributed by atoms with Gasteiger partial charge in [0, 0.05) is 0 Å². The summed E-state index contributed by atoms with van der Waals surface area (Å²) >= 11 is -1.38. The number of carboxylic acid groups (broad SMARTS) is 2. The summed E-state index contributed by atoms with van der Waals surface area (Å²) in [5.74, 6) is -1.98. The van der Waals surface area contributed by atoms with Crippen LogP contribution in [0.15, 0.2) is 3.96 Å². The molecule has 0 aliphatic rings. The number of hydrogen-bond donors (Lipinski definition) is 2. The number of aliphatic carboxylic acids is 2. The van der Waals surface area contributed by atoms with Crippen LogP contribution < -0.4 is 0 Å². The Bertz CT molecular complexity index is 183. The molecular weight excluding hydrogens is 194 g/mol. The molecule has 0 aliphatic heterocycles. The fourth-order valence-electron chi connectivity index (χ4n) is 0.403. The maximum absolute atomic E-state index is 10.1. The van der Waals surface area contributed by atoms with Crippen molar-refractivity contribution in [2.24, 2.45) is 3.96 Å². The van der Waals surface area contributed by atoms with Crippen molar-refractivity contribution >= 4 is 11.9 Å². The van der Waals surface area contributed by atoms with Crippen molar-refractivity contribution in [3.05, 3.63) is 0 Å². The van der Waals surface area contributed by atoms with Crippen LogP contribution in [0.4, 0.5) is 0 Å². The van der Waals surface area contributed by atoms with Crippen molar-refractivity contribution < 1.29 is 33.5 Å². The number of carbonyl (C=O) groups is 2. The third-order valence-corrected chi connectivity index (χ3v) is 2.99. The van der Waals surface area contributed by atoms with Crippen molar-refractivity contribution in [2.75, 3.05) is 7.05 Å². The molecule has 0 aromatic carbocycles. The van der Waals surface area contributed by atoms with E-state index in [1.165, 1.54) is 7.05 Å². The average molecular weight is 203 g/mol. The van der Waals surface area contributed by atoms with Crippen molar-refractivity contribution in [3.8, 4) is 0 Å². The monoisotopic (exact) mass is 203 g/mol. The summed E-state index contributed by atoms with van der Waals surface area (Å²) in [6.45, 7) is 0. The van der Waals surface area contributed by atoms with Gasteiger partial charge < -0.3 is 0 Å². The fraction of sp³-hybridized carbons (Fsp3) is 0.600. The number of nitrogens with zero attached hydrogens (tertiary/aromatic N) is 1. The van der Waals surface area contributed by atoms with Gasteiger partial charge in [0.05, 0.1) is 0 Å². The van der Waals surface area contributed by atoms with Crippen LogP contribution in [0.3, 0.4) is 0 Å². The zero-order valence-electron chi connectivity index (χ0n) is 5.93. The summed E-state index contributed by atoms with van der Waals surface area (Å²) in [5, 5.41) is 16.3. The van der Waals surface area contributed by atoms with Gasteiger partial charge in [-0.15, -0.1) is 0 Å². The summed E-state index contributed by atoms with van der Waals surface area (Å²) in [5.41, 5.74) is 0. The van der Waals surface area contributed by atoms with E-state index in [0.717, 1.165) is 0 Å². The van der Waals surface area contributed by atoms with Crippen LogP contribution in [-0.4, -0.2) is 29.2 Å². The molecule has 0 radical (unpaired) electrons. The summed E-state index contributed by atoms with van der Waals surface area (Å²) < 4.78 is 3.69. The van der Waals surface area contributed by atoms with E-state index in [1.54, 1.807) is 0 Å². The Hall–Kier alpha value is -0.741. The SMILES string of the molecule is C[N]=[Fe]([CH2]C(=O)O)[CH2]C(=O)O. The van der Waals surface area contributed by atoms with E-state index in [-0.39, 0.29) is 10.6 Å². The van der Waals surface area contributed by atoms with Crippen LogP contribution in [0.25, 0.3) is 0 Å². The van der Waals surface area contributed by atoms with Gasteiger partial charge in [0.25, 0.3) is 0 Å². The molecule has 0 aromatic heterocycles. The van der Waals surface area contributed by atoms with Crippen molar-refractivity contribution in [2.45, 2.75) is 10.6 Å². The normalized spacial score (nSPS) is 10.5. The van der Waals surface area contributed by atoms with E-state index in [2.05, 4.69) is 3.96 Å². The van der Waals surface area contributed by atoms with E-state index in [0.29, 0.717) is 0 Å². The molecule has 0 heterocycles. The molecule has 0 saturated carbocycles. The van der Waals surface area contributed by atoms with E-state index in [1.807, 2.05) is 0 Å². The second-order valence-electron chi connectivity index (χ2n) is 1.60. The quantitative estimate of drug-likeness (QED) is 0.648. The second-order valence-corrected chi connectivity index (χ2v) is 4.12. The molecule has 0 atom stereocenters. The van der Waals surface area contributed by atoms with Crippen LogP contribution in [0.5, 0.6) is 0 Å². The van der Waals surface area contributed by atoms with E-state index < -0.39 is 25.6 Å². The molecule has 0 aliphatic carbocycles. The van der Waals surface area contributed by atoms with Crippen molar-refractivity contribution in [1.82, 2.24) is 0 Å². The van der Waals surface area contributed by atoms with Crippen molar-refractivity contribution in [3.63, 3.8) is 0 Å². The number of rotatable bonds is 4. The maximum atomic E-state index is 10.1. The van der Waals surface area contributed by atoms with Crippen molar-refractivity contribution in [1.29, 1.82) is 0 Å². The Balaban J connectivity index is 3.99. The fourth-order valence-corrected chi connectivity index (χ4v) is 1.66. The van der Waals surface area contributed by atoms with E-state index >= 15 is 0 Å². The summed E-state index contributed by atoms with van der Waals surface area (Å²) in [6, 6.07) is 0. The van der Waals surface area contributed by atoms with E-state index in [9.17, 15) is 9.59 Å². The van der Waals surface area contributed by atoms with Crippen LogP contribution >= 0.6 is 0 Å². The summed E-state index contributed by atoms with van der Waals surface area (Å²) in [6.07, 6.45) is 0. The molecule has 0 saturated heterocycles. The molecule has 6 heteroatoms. The third-order valence-electron chi connectivity index (χ3n) is 0.726. The molecule has 5 nitrogen and oxygen atoms in total. The first kappa shape index (κ1) is 10.3. The molecule has 66 valence electrons. The van der Waals surface area contributed by atoms with Crippen LogP contribution in [0.2, 0.25) is 10.6 Å². The first-order valence-electron chi connectivity index (χ1n) is 2.67. The van der Waals surface area contributed by atoms with Gasteiger partial charge in [0.15, 0.2) is 0 Å². The minimum atomic E-state index is -1.38. The Morgan fingerprint density at radius 1 is 1.27 bits per heavy atom. The summed E-state index contributed by atoms with van der Waals surface area (Å²) in [4.78, 5) is 20.2. The number of hydrogen-bond acceptors (Lipinski definition) is 3. The molecule has 0 rings (SSSR count). The molecule has 11 heavy (non-hydrogen) atoms. The summed E-state index contributed by atoms with van der Waals surface area (Å²) in [7, 11) is 1.45. The van der Waals surface area contributed by atoms with E-state index in [4.69, 9.17) is 10.2 Å². The Morgan fingerprint density at radius 2 is 1.64 bits per heavy atom. The van der Waals surface area contributed by atoms with Gasteiger partial charge in [0.1, 0.15) is 0 Å². The molecule has 0 unspecified atom stereocenters. The molecule has 2 N–H and O–H groups in total. The topological polar surface area (TPSA) is 87.0 Å².